The third-order valence-electron chi connectivity index (χ3n) is 5.18. The van der Waals surface area contributed by atoms with Crippen molar-refractivity contribution in [1.82, 2.24) is 30.3 Å². The van der Waals surface area contributed by atoms with E-state index in [1.165, 1.54) is 46.1 Å². The molecule has 180 valence electrons. The van der Waals surface area contributed by atoms with Crippen LogP contribution in [0.25, 0.3) is 0 Å². The number of urea groups is 1. The van der Waals surface area contributed by atoms with E-state index in [1.54, 1.807) is 22.2 Å². The van der Waals surface area contributed by atoms with Gasteiger partial charge in [0, 0.05) is 22.9 Å². The molecule has 1 saturated heterocycles. The second-order valence-corrected chi connectivity index (χ2v) is 10.3. The van der Waals surface area contributed by atoms with E-state index in [-0.39, 0.29) is 5.70 Å². The Morgan fingerprint density at radius 2 is 2.21 bits per heavy atom. The molecule has 2 aliphatic heterocycles. The van der Waals surface area contributed by atoms with Gasteiger partial charge in [0.1, 0.15) is 29.5 Å². The second-order valence-electron chi connectivity index (χ2n) is 7.26. The van der Waals surface area contributed by atoms with Gasteiger partial charge in [0.2, 0.25) is 5.91 Å². The Hall–Kier alpha value is -3.04. The number of primary amides is 1. The summed E-state index contributed by atoms with van der Waals surface area (Å²) >= 11 is 3.98. The summed E-state index contributed by atoms with van der Waals surface area (Å²) in [7, 11) is 0. The molecule has 12 nitrogen and oxygen atoms in total. The molecular formula is C19H21N7O5S3. The van der Waals surface area contributed by atoms with Crippen LogP contribution in [0.15, 0.2) is 40.3 Å². The lowest BCUT2D eigenvalue weighted by Crippen LogP contribution is -2.71. The van der Waals surface area contributed by atoms with Gasteiger partial charge in [0.05, 0.1) is 0 Å². The molecule has 15 heteroatoms. The molecule has 2 aliphatic rings. The molecule has 4 rings (SSSR count). The monoisotopic (exact) mass is 523 g/mol. The van der Waals surface area contributed by atoms with Gasteiger partial charge in [-0.05, 0) is 23.9 Å². The van der Waals surface area contributed by atoms with Gasteiger partial charge >= 0.3 is 12.0 Å². The molecule has 1 fully saturated rings. The minimum Gasteiger partial charge on any atom is -0.477 e. The highest BCUT2D eigenvalue weighted by Gasteiger charge is 2.54. The predicted octanol–water partition coefficient (Wildman–Crippen LogP) is 0.600. The maximum Gasteiger partial charge on any atom is 0.352 e. The number of β-lactam (4-membered cyclic amide) rings is 1. The molecule has 0 radical (unpaired) electrons. The highest BCUT2D eigenvalue weighted by Crippen LogP contribution is 2.41. The van der Waals surface area contributed by atoms with Crippen LogP contribution >= 0.6 is 34.9 Å². The first-order chi connectivity index (χ1) is 16.3. The molecule has 0 aromatic carbocycles. The van der Waals surface area contributed by atoms with E-state index in [0.29, 0.717) is 33.7 Å². The average Bonchev–Trinajstić information content (AvgIpc) is 3.50. The van der Waals surface area contributed by atoms with Crippen molar-refractivity contribution >= 4 is 58.7 Å². The van der Waals surface area contributed by atoms with Crippen LogP contribution in [0.4, 0.5) is 4.79 Å². The normalized spacial score (nSPS) is 20.4. The summed E-state index contributed by atoms with van der Waals surface area (Å²) < 4.78 is 1.70. The summed E-state index contributed by atoms with van der Waals surface area (Å²) in [6.07, 6.45) is 1.44. The summed E-state index contributed by atoms with van der Waals surface area (Å²) in [5, 5.41) is 20.8. The lowest BCUT2D eigenvalue weighted by Gasteiger charge is -2.49. The number of carboxylic acids is 1. The van der Waals surface area contributed by atoms with E-state index >= 15 is 0 Å². The van der Waals surface area contributed by atoms with Gasteiger partial charge in [0.25, 0.3) is 5.91 Å². The fourth-order valence-corrected chi connectivity index (χ4v) is 6.87. The lowest BCUT2D eigenvalue weighted by molar-refractivity contribution is -0.150. The number of thioether (sulfide) groups is 2. The van der Waals surface area contributed by atoms with Gasteiger partial charge in [-0.1, -0.05) is 17.8 Å². The van der Waals surface area contributed by atoms with Crippen molar-refractivity contribution in [2.75, 3.05) is 11.5 Å². The van der Waals surface area contributed by atoms with Gasteiger partial charge in [-0.2, -0.15) is 5.10 Å². The Labute approximate surface area is 206 Å². The average molecular weight is 524 g/mol. The largest absolute Gasteiger partial charge is 0.477 e. The molecule has 4 heterocycles. The Kier molecular flexibility index (Phi) is 7.13. The number of nitrogens with two attached hydrogens (primary N) is 1. The predicted molar refractivity (Wildman–Crippen MR) is 126 cm³/mol. The Bertz CT molecular complexity index is 1150. The topological polar surface area (TPSA) is 173 Å². The van der Waals surface area contributed by atoms with Crippen molar-refractivity contribution < 1.29 is 24.3 Å². The molecule has 0 aliphatic carbocycles. The number of carbonyl (C=O) groups excluding carboxylic acids is 3. The van der Waals surface area contributed by atoms with Crippen LogP contribution in [-0.2, 0) is 20.9 Å². The standard InChI is InChI=1S/C19H21N7O5S3/c1-2-25-19(21-8-22-25)34-7-9-6-33-16-12(15(28)26(16)13(9)17(29)30)23-14(27)11(24-18(20)31)10-4-3-5-32-10/h3-5,8,11-12,16H,2,6-7H2,1H3,(H,23,27)(H,29,30)(H3,20,24,31)/t11?,12-,16?/m0/s1. The van der Waals surface area contributed by atoms with Crippen molar-refractivity contribution in [3.63, 3.8) is 0 Å². The fourth-order valence-electron chi connectivity index (χ4n) is 3.63. The molecule has 2 aromatic rings. The SMILES string of the molecule is CCn1ncnc1SCC1=C(C(=O)O)N2C(=O)[C@H](NC(=O)C(NC(N)=O)c3cccs3)C2SC1. The zero-order valence-electron chi connectivity index (χ0n) is 17.8. The summed E-state index contributed by atoms with van der Waals surface area (Å²) in [5.41, 5.74) is 5.73. The van der Waals surface area contributed by atoms with Gasteiger partial charge in [-0.3, -0.25) is 14.5 Å². The van der Waals surface area contributed by atoms with Crippen molar-refractivity contribution in [3.05, 3.63) is 40.0 Å². The van der Waals surface area contributed by atoms with Crippen LogP contribution < -0.4 is 16.4 Å². The number of fused-ring (bicyclic) bond motifs is 1. The number of carbonyl (C=O) groups is 4. The van der Waals surface area contributed by atoms with Crippen molar-refractivity contribution in [3.8, 4) is 0 Å². The van der Waals surface area contributed by atoms with Crippen LogP contribution in [0.3, 0.4) is 0 Å². The maximum absolute atomic E-state index is 12.9. The number of rotatable bonds is 9. The van der Waals surface area contributed by atoms with Crippen molar-refractivity contribution in [2.24, 2.45) is 5.73 Å². The van der Waals surface area contributed by atoms with Gasteiger partial charge in [-0.25, -0.2) is 19.3 Å². The van der Waals surface area contributed by atoms with Gasteiger partial charge in [-0.15, -0.1) is 23.1 Å². The van der Waals surface area contributed by atoms with Gasteiger partial charge < -0.3 is 21.5 Å². The van der Waals surface area contributed by atoms with E-state index in [2.05, 4.69) is 20.7 Å². The quantitative estimate of drug-likeness (QED) is 0.271. The first-order valence-electron chi connectivity index (χ1n) is 10.1. The van der Waals surface area contributed by atoms with E-state index < -0.39 is 41.3 Å². The van der Waals surface area contributed by atoms with E-state index in [4.69, 9.17) is 5.73 Å². The molecule has 0 spiro atoms. The summed E-state index contributed by atoms with van der Waals surface area (Å²) in [6, 6.07) is 0.553. The first kappa shape index (κ1) is 24.1. The number of carboxylic acid groups (broad SMARTS) is 1. The number of aryl methyl sites for hydroxylation is 1. The minimum absolute atomic E-state index is 0.0700. The molecule has 34 heavy (non-hydrogen) atoms. The van der Waals surface area contributed by atoms with Gasteiger partial charge in [0.15, 0.2) is 5.16 Å². The zero-order chi connectivity index (χ0) is 24.4. The Morgan fingerprint density at radius 1 is 1.41 bits per heavy atom. The molecule has 0 saturated carbocycles. The Morgan fingerprint density at radius 3 is 2.85 bits per heavy atom. The van der Waals surface area contributed by atoms with E-state index in [1.807, 2.05) is 6.92 Å². The van der Waals surface area contributed by atoms with E-state index in [0.717, 1.165) is 0 Å². The molecule has 3 atom stereocenters. The number of nitrogens with one attached hydrogen (secondary N) is 2. The zero-order valence-corrected chi connectivity index (χ0v) is 20.3. The Balaban J connectivity index is 1.48. The van der Waals surface area contributed by atoms with Crippen molar-refractivity contribution in [1.29, 1.82) is 0 Å². The number of aliphatic carboxylic acids is 1. The highest BCUT2D eigenvalue weighted by atomic mass is 32.2. The highest BCUT2D eigenvalue weighted by molar-refractivity contribution is 8.01. The smallest absolute Gasteiger partial charge is 0.352 e. The lowest BCUT2D eigenvalue weighted by atomic mass is 10.0. The van der Waals surface area contributed by atoms with Crippen LogP contribution in [0.5, 0.6) is 0 Å². The molecular weight excluding hydrogens is 502 g/mol. The molecule has 4 amide bonds. The molecule has 2 unspecified atom stereocenters. The third kappa shape index (κ3) is 4.63. The number of hydrogen-bond donors (Lipinski definition) is 4. The summed E-state index contributed by atoms with van der Waals surface area (Å²) in [5.74, 6) is -1.61. The number of nitrogens with zero attached hydrogens (tertiary/aromatic N) is 4. The van der Waals surface area contributed by atoms with Crippen LogP contribution in [-0.4, -0.2) is 71.5 Å². The van der Waals surface area contributed by atoms with Crippen LogP contribution in [0.2, 0.25) is 0 Å². The number of amides is 4. The third-order valence-corrected chi connectivity index (χ3v) is 8.52. The molecule has 5 N–H and O–H groups in total. The first-order valence-corrected chi connectivity index (χ1v) is 13.0. The number of hydrogen-bond acceptors (Lipinski definition) is 9. The summed E-state index contributed by atoms with van der Waals surface area (Å²) in [4.78, 5) is 55.2. The molecule has 0 bridgehead atoms. The van der Waals surface area contributed by atoms with Crippen LogP contribution in [0.1, 0.15) is 17.8 Å². The number of thiophene rings is 1. The van der Waals surface area contributed by atoms with Crippen molar-refractivity contribution in [2.45, 2.75) is 36.1 Å². The van der Waals surface area contributed by atoms with E-state index in [9.17, 15) is 24.3 Å². The fraction of sp³-hybridized carbons (Fsp3) is 0.368. The maximum atomic E-state index is 12.9. The van der Waals surface area contributed by atoms with Crippen LogP contribution in [0, 0.1) is 0 Å². The number of aromatic nitrogens is 3. The minimum atomic E-state index is -1.21. The summed E-state index contributed by atoms with van der Waals surface area (Å²) in [6.45, 7) is 2.56. The molecule has 2 aromatic heterocycles. The second kappa shape index (κ2) is 10.1.